The molecule has 1 aromatic rings. The van der Waals surface area contributed by atoms with Crippen molar-refractivity contribution < 1.29 is 9.90 Å². The Balaban J connectivity index is 2.02. The zero-order valence-electron chi connectivity index (χ0n) is 16.6. The maximum Gasteiger partial charge on any atom is 0.240 e. The van der Waals surface area contributed by atoms with E-state index in [1.54, 1.807) is 18.0 Å². The number of aromatic hydroxyl groups is 1. The normalized spacial score (nSPS) is 14.6. The van der Waals surface area contributed by atoms with Crippen molar-refractivity contribution >= 4 is 11.9 Å². The first-order valence-electron chi connectivity index (χ1n) is 9.26. The minimum atomic E-state index is -0.260. The van der Waals surface area contributed by atoms with E-state index in [0.717, 1.165) is 24.8 Å². The molecule has 0 heterocycles. The molecule has 0 saturated carbocycles. The molecule has 0 fully saturated rings. The molecular weight excluding hydrogens is 328 g/mol. The monoisotopic (exact) mass is 360 g/mol. The Hall–Kier alpha value is -2.24. The highest BCUT2D eigenvalue weighted by Crippen LogP contribution is 2.30. The number of phenolic OH excluding ortho intramolecular Hbond substituents is 1. The van der Waals surface area contributed by atoms with Gasteiger partial charge in [-0.15, -0.1) is 0 Å². The molecule has 0 saturated heterocycles. The summed E-state index contributed by atoms with van der Waals surface area (Å²) in [5.74, 6) is 0.895. The fourth-order valence-corrected chi connectivity index (χ4v) is 3.39. The van der Waals surface area contributed by atoms with Crippen LogP contribution in [-0.4, -0.2) is 48.1 Å². The number of carbonyl (C=O) groups excluding carboxylic acids is 1. The number of fused-ring (bicyclic) bond motifs is 1. The number of nitrogens with zero attached hydrogens (tertiary/aromatic N) is 2. The lowest BCUT2D eigenvalue weighted by Gasteiger charge is -2.26. The number of aryl methyl sites for hydroxylation is 1. The lowest BCUT2D eigenvalue weighted by Crippen LogP contribution is -2.48. The third-order valence-corrected chi connectivity index (χ3v) is 4.52. The Labute approximate surface area is 156 Å². The molecule has 1 amide bonds. The summed E-state index contributed by atoms with van der Waals surface area (Å²) >= 11 is 0. The van der Waals surface area contributed by atoms with Gasteiger partial charge in [-0.05, 0) is 63.6 Å². The van der Waals surface area contributed by atoms with Gasteiger partial charge in [-0.3, -0.25) is 9.79 Å². The average Bonchev–Trinajstić information content (AvgIpc) is 2.55. The minimum Gasteiger partial charge on any atom is -0.508 e. The number of phenols is 1. The van der Waals surface area contributed by atoms with Crippen LogP contribution >= 0.6 is 0 Å². The van der Waals surface area contributed by atoms with Crippen LogP contribution < -0.4 is 10.6 Å². The van der Waals surface area contributed by atoms with E-state index in [2.05, 4.69) is 15.6 Å². The van der Waals surface area contributed by atoms with Gasteiger partial charge < -0.3 is 20.6 Å². The second kappa shape index (κ2) is 8.43. The number of hydrogen-bond donors (Lipinski definition) is 3. The third kappa shape index (κ3) is 5.38. The lowest BCUT2D eigenvalue weighted by molar-refractivity contribution is -0.122. The van der Waals surface area contributed by atoms with Crippen LogP contribution in [0.1, 0.15) is 50.3 Å². The number of carbonyl (C=O) groups is 1. The Bertz CT molecular complexity index is 677. The van der Waals surface area contributed by atoms with Crippen LogP contribution in [0, 0.1) is 0 Å². The van der Waals surface area contributed by atoms with Crippen LogP contribution in [0.3, 0.4) is 0 Å². The van der Waals surface area contributed by atoms with E-state index in [4.69, 9.17) is 0 Å². The van der Waals surface area contributed by atoms with Crippen molar-refractivity contribution in [1.29, 1.82) is 0 Å². The predicted octanol–water partition coefficient (Wildman–Crippen LogP) is 2.19. The molecule has 144 valence electrons. The van der Waals surface area contributed by atoms with Gasteiger partial charge >= 0.3 is 0 Å². The molecule has 0 bridgehead atoms. The van der Waals surface area contributed by atoms with Crippen LogP contribution in [0.25, 0.3) is 0 Å². The smallest absolute Gasteiger partial charge is 0.240 e. The molecule has 0 radical (unpaired) electrons. The highest BCUT2D eigenvalue weighted by atomic mass is 16.3. The molecule has 6 heteroatoms. The zero-order valence-corrected chi connectivity index (χ0v) is 16.6. The maximum absolute atomic E-state index is 12.1. The Morgan fingerprint density at radius 2 is 1.96 bits per heavy atom. The molecule has 0 atom stereocenters. The Morgan fingerprint density at radius 3 is 2.62 bits per heavy atom. The topological polar surface area (TPSA) is 77.0 Å². The first-order valence-corrected chi connectivity index (χ1v) is 9.26. The SMILES string of the molecule is CN=C(NCc1c(O)ccc2c1CCCC2)N(C)CC(=O)NC(C)(C)C. The number of amides is 1. The van der Waals surface area contributed by atoms with Crippen molar-refractivity contribution in [3.8, 4) is 5.75 Å². The van der Waals surface area contributed by atoms with E-state index < -0.39 is 0 Å². The van der Waals surface area contributed by atoms with Crippen LogP contribution in [0.4, 0.5) is 0 Å². The molecule has 26 heavy (non-hydrogen) atoms. The van der Waals surface area contributed by atoms with Gasteiger partial charge in [0.1, 0.15) is 5.75 Å². The first-order chi connectivity index (χ1) is 12.2. The number of nitrogens with one attached hydrogen (secondary N) is 2. The van der Waals surface area contributed by atoms with Gasteiger partial charge in [-0.2, -0.15) is 0 Å². The molecule has 0 spiro atoms. The number of rotatable bonds is 4. The minimum absolute atomic E-state index is 0.0529. The van der Waals surface area contributed by atoms with Gasteiger partial charge in [0.15, 0.2) is 5.96 Å². The molecule has 0 unspecified atom stereocenters. The van der Waals surface area contributed by atoms with Crippen molar-refractivity contribution in [2.75, 3.05) is 20.6 Å². The molecule has 2 rings (SSSR count). The summed E-state index contributed by atoms with van der Waals surface area (Å²) in [6.45, 7) is 6.58. The standard InChI is InChI=1S/C20H32N4O2/c1-20(2,3)23-18(26)13-24(5)19(21-4)22-12-16-15-9-7-6-8-14(15)10-11-17(16)25/h10-11,25H,6-9,12-13H2,1-5H3,(H,21,22)(H,23,26). The highest BCUT2D eigenvalue weighted by molar-refractivity contribution is 5.86. The molecular formula is C20H32N4O2. The number of likely N-dealkylation sites (N-methyl/N-ethyl adjacent to an activating group) is 1. The van der Waals surface area contributed by atoms with Crippen molar-refractivity contribution in [3.63, 3.8) is 0 Å². The molecule has 1 aromatic carbocycles. The lowest BCUT2D eigenvalue weighted by atomic mass is 9.88. The van der Waals surface area contributed by atoms with Crippen LogP contribution in [0.2, 0.25) is 0 Å². The predicted molar refractivity (Wildman–Crippen MR) is 105 cm³/mol. The average molecular weight is 361 g/mol. The Morgan fingerprint density at radius 1 is 1.27 bits per heavy atom. The third-order valence-electron chi connectivity index (χ3n) is 4.52. The fraction of sp³-hybridized carbons (Fsp3) is 0.600. The van der Waals surface area contributed by atoms with E-state index in [9.17, 15) is 9.90 Å². The summed E-state index contributed by atoms with van der Waals surface area (Å²) in [5, 5.41) is 16.5. The van der Waals surface area contributed by atoms with Crippen molar-refractivity contribution in [1.82, 2.24) is 15.5 Å². The molecule has 3 N–H and O–H groups in total. The van der Waals surface area contributed by atoms with Crippen molar-refractivity contribution in [3.05, 3.63) is 28.8 Å². The molecule has 0 aliphatic heterocycles. The van der Waals surface area contributed by atoms with Gasteiger partial charge in [0.2, 0.25) is 5.91 Å². The molecule has 1 aliphatic rings. The second-order valence-electron chi connectivity index (χ2n) is 7.96. The highest BCUT2D eigenvalue weighted by Gasteiger charge is 2.19. The largest absolute Gasteiger partial charge is 0.508 e. The van der Waals surface area contributed by atoms with Crippen molar-refractivity contribution in [2.24, 2.45) is 4.99 Å². The second-order valence-corrected chi connectivity index (χ2v) is 7.96. The number of aliphatic imine (C=N–C) groups is 1. The quantitative estimate of drug-likeness (QED) is 0.568. The number of guanidine groups is 1. The summed E-state index contributed by atoms with van der Waals surface area (Å²) in [5.41, 5.74) is 3.27. The number of hydrogen-bond acceptors (Lipinski definition) is 3. The van der Waals surface area contributed by atoms with E-state index in [1.165, 1.54) is 17.5 Å². The molecule has 0 aromatic heterocycles. The van der Waals surface area contributed by atoms with Crippen molar-refractivity contribution in [2.45, 2.75) is 58.5 Å². The van der Waals surface area contributed by atoms with E-state index in [0.29, 0.717) is 18.3 Å². The van der Waals surface area contributed by atoms with Gasteiger partial charge in [0.05, 0.1) is 6.54 Å². The summed E-state index contributed by atoms with van der Waals surface area (Å²) in [4.78, 5) is 18.2. The summed E-state index contributed by atoms with van der Waals surface area (Å²) in [6, 6.07) is 3.82. The van der Waals surface area contributed by atoms with Crippen LogP contribution in [-0.2, 0) is 24.2 Å². The zero-order chi connectivity index (χ0) is 19.3. The van der Waals surface area contributed by atoms with Crippen LogP contribution in [0.5, 0.6) is 5.75 Å². The van der Waals surface area contributed by atoms with Gasteiger partial charge in [0.25, 0.3) is 0 Å². The molecule has 6 nitrogen and oxygen atoms in total. The van der Waals surface area contributed by atoms with E-state index >= 15 is 0 Å². The summed E-state index contributed by atoms with van der Waals surface area (Å²) < 4.78 is 0. The first kappa shape index (κ1) is 20.1. The maximum atomic E-state index is 12.1. The number of benzene rings is 1. The van der Waals surface area contributed by atoms with E-state index in [1.807, 2.05) is 33.9 Å². The van der Waals surface area contributed by atoms with Gasteiger partial charge in [0, 0.05) is 31.7 Å². The Kier molecular flexibility index (Phi) is 6.51. The van der Waals surface area contributed by atoms with Gasteiger partial charge in [-0.1, -0.05) is 6.07 Å². The summed E-state index contributed by atoms with van der Waals surface area (Å²) in [7, 11) is 3.53. The fourth-order valence-electron chi connectivity index (χ4n) is 3.39. The molecule has 1 aliphatic carbocycles. The summed E-state index contributed by atoms with van der Waals surface area (Å²) in [6.07, 6.45) is 4.44. The van der Waals surface area contributed by atoms with E-state index in [-0.39, 0.29) is 18.0 Å². The van der Waals surface area contributed by atoms with Gasteiger partial charge in [-0.25, -0.2) is 0 Å². The van der Waals surface area contributed by atoms with Crippen LogP contribution in [0.15, 0.2) is 17.1 Å².